The van der Waals surface area contributed by atoms with Crippen molar-refractivity contribution in [1.29, 1.82) is 0 Å². The summed E-state index contributed by atoms with van der Waals surface area (Å²) in [6.45, 7) is 0. The number of rotatable bonds is 6. The fourth-order valence-corrected chi connectivity index (χ4v) is 9.82. The molecule has 0 spiro atoms. The van der Waals surface area contributed by atoms with Crippen molar-refractivity contribution in [2.24, 2.45) is 0 Å². The Bertz CT molecular complexity index is 3870. The van der Waals surface area contributed by atoms with E-state index >= 15 is 0 Å². The van der Waals surface area contributed by atoms with E-state index in [1.54, 1.807) is 0 Å². The first-order chi connectivity index (χ1) is 31.7. The Labute approximate surface area is 368 Å². The van der Waals surface area contributed by atoms with Crippen LogP contribution in [0, 0.1) is 0 Å². The summed E-state index contributed by atoms with van der Waals surface area (Å²) < 4.78 is 4.90. The maximum absolute atomic E-state index is 5.15. The Morgan fingerprint density at radius 2 is 0.828 bits per heavy atom. The molecule has 0 aliphatic rings. The van der Waals surface area contributed by atoms with Gasteiger partial charge in [-0.15, -0.1) is 0 Å². The molecule has 0 saturated carbocycles. The molecule has 0 fully saturated rings. The average Bonchev–Trinajstić information content (AvgIpc) is 3.88. The van der Waals surface area contributed by atoms with Gasteiger partial charge in [0, 0.05) is 49.3 Å². The molecule has 0 saturated heterocycles. The lowest BCUT2D eigenvalue weighted by Gasteiger charge is -2.15. The molecule has 0 aliphatic carbocycles. The van der Waals surface area contributed by atoms with Crippen LogP contribution < -0.4 is 0 Å². The van der Waals surface area contributed by atoms with Crippen LogP contribution in [-0.2, 0) is 0 Å². The van der Waals surface area contributed by atoms with Gasteiger partial charge in [0.2, 0.25) is 0 Å². The van der Waals surface area contributed by atoms with Gasteiger partial charge in [-0.3, -0.25) is 0 Å². The third-order valence-electron chi connectivity index (χ3n) is 12.8. The lowest BCUT2D eigenvalue weighted by atomic mass is 10.0. The monoisotopic (exact) mass is 815 g/mol. The van der Waals surface area contributed by atoms with Gasteiger partial charge >= 0.3 is 0 Å². The van der Waals surface area contributed by atoms with Crippen molar-refractivity contribution in [3.63, 3.8) is 0 Å². The lowest BCUT2D eigenvalue weighted by molar-refractivity contribution is 1.08. The van der Waals surface area contributed by atoms with Gasteiger partial charge in [0.25, 0.3) is 0 Å². The Morgan fingerprint density at radius 1 is 0.281 bits per heavy atom. The fourth-order valence-electron chi connectivity index (χ4n) is 9.82. The third-order valence-corrected chi connectivity index (χ3v) is 12.8. The van der Waals surface area contributed by atoms with Gasteiger partial charge in [0.1, 0.15) is 0 Å². The molecule has 5 heteroatoms. The second kappa shape index (κ2) is 14.5. The predicted molar refractivity (Wildman–Crippen MR) is 265 cm³/mol. The van der Waals surface area contributed by atoms with E-state index in [0.29, 0.717) is 17.5 Å². The topological polar surface area (TPSA) is 48.5 Å². The van der Waals surface area contributed by atoms with Crippen molar-refractivity contribution in [3.8, 4) is 56.7 Å². The maximum atomic E-state index is 5.15. The molecule has 0 N–H and O–H groups in total. The largest absolute Gasteiger partial charge is 0.309 e. The SMILES string of the molecule is c1ccc(-c2ccc(-n3c4cc5c(cc4c4c6ccccc6ccc43)c3ccccc3n5-c3ccc(-c4nc(-c5ccccc5)nc(-c5ccccc5)n4)c4ccccc34)cc2)cc1. The standard InChI is InChI=1S/C59H37N5/c1-4-16-38(17-5-1)39-28-31-43(32-29-39)63-53-34-30-40-18-10-11-23-44(40)56(53)50-36-49-47-26-14-15-27-51(47)64(54(49)37-55(50)63)52-35-33-48(45-24-12-13-25-46(45)52)59-61-57(41-19-6-2-7-20-41)60-58(62-59)42-21-8-3-9-22-42/h1-37H. The summed E-state index contributed by atoms with van der Waals surface area (Å²) in [7, 11) is 0. The van der Waals surface area contributed by atoms with E-state index in [0.717, 1.165) is 55.4 Å². The van der Waals surface area contributed by atoms with E-state index in [-0.39, 0.29) is 0 Å². The van der Waals surface area contributed by atoms with Crippen LogP contribution in [0.15, 0.2) is 224 Å². The van der Waals surface area contributed by atoms with E-state index in [1.807, 2.05) is 36.4 Å². The summed E-state index contributed by atoms with van der Waals surface area (Å²) in [4.78, 5) is 15.3. The summed E-state index contributed by atoms with van der Waals surface area (Å²) >= 11 is 0. The van der Waals surface area contributed by atoms with Crippen molar-refractivity contribution in [2.45, 2.75) is 0 Å². The van der Waals surface area contributed by atoms with Gasteiger partial charge in [-0.25, -0.2) is 15.0 Å². The molecule has 0 amide bonds. The summed E-state index contributed by atoms with van der Waals surface area (Å²) in [5, 5.41) is 9.55. The summed E-state index contributed by atoms with van der Waals surface area (Å²) in [5.74, 6) is 1.92. The molecule has 298 valence electrons. The highest BCUT2D eigenvalue weighted by molar-refractivity contribution is 6.25. The number of fused-ring (bicyclic) bond motifs is 9. The molecule has 10 aromatic carbocycles. The number of benzene rings is 10. The second-order valence-corrected chi connectivity index (χ2v) is 16.4. The predicted octanol–water partition coefficient (Wildman–Crippen LogP) is 15.0. The number of aromatic nitrogens is 5. The molecular weight excluding hydrogens is 779 g/mol. The number of hydrogen-bond acceptors (Lipinski definition) is 3. The second-order valence-electron chi connectivity index (χ2n) is 16.4. The zero-order valence-electron chi connectivity index (χ0n) is 34.6. The Hall–Kier alpha value is -8.67. The van der Waals surface area contributed by atoms with Crippen LogP contribution in [0.25, 0.3) is 122 Å². The molecule has 5 nitrogen and oxygen atoms in total. The fraction of sp³-hybridized carbons (Fsp3) is 0. The number of nitrogens with zero attached hydrogens (tertiary/aromatic N) is 5. The van der Waals surface area contributed by atoms with Gasteiger partial charge in [-0.2, -0.15) is 0 Å². The number of para-hydroxylation sites is 1. The minimum absolute atomic E-state index is 0.634. The molecule has 0 bridgehead atoms. The van der Waals surface area contributed by atoms with Crippen LogP contribution >= 0.6 is 0 Å². The molecular formula is C59H37N5. The van der Waals surface area contributed by atoms with Crippen LogP contribution in [0.2, 0.25) is 0 Å². The first-order valence-corrected chi connectivity index (χ1v) is 21.7. The van der Waals surface area contributed by atoms with Crippen LogP contribution in [0.3, 0.4) is 0 Å². The molecule has 0 atom stereocenters. The Kier molecular flexibility index (Phi) is 8.15. The van der Waals surface area contributed by atoms with Gasteiger partial charge < -0.3 is 9.13 Å². The first kappa shape index (κ1) is 36.0. The van der Waals surface area contributed by atoms with Crippen molar-refractivity contribution >= 4 is 65.2 Å². The highest BCUT2D eigenvalue weighted by Gasteiger charge is 2.22. The molecule has 0 radical (unpaired) electrons. The molecule has 3 aromatic heterocycles. The third kappa shape index (κ3) is 5.68. The number of hydrogen-bond donors (Lipinski definition) is 0. The van der Waals surface area contributed by atoms with Gasteiger partial charge in [0.15, 0.2) is 17.5 Å². The van der Waals surface area contributed by atoms with E-state index in [4.69, 9.17) is 15.0 Å². The molecule has 64 heavy (non-hydrogen) atoms. The summed E-state index contributed by atoms with van der Waals surface area (Å²) in [6, 6.07) is 80.0. The highest BCUT2D eigenvalue weighted by Crippen LogP contribution is 2.43. The minimum atomic E-state index is 0.634. The molecule has 13 aromatic rings. The van der Waals surface area contributed by atoms with Crippen molar-refractivity contribution in [1.82, 2.24) is 24.1 Å². The van der Waals surface area contributed by atoms with E-state index in [9.17, 15) is 0 Å². The minimum Gasteiger partial charge on any atom is -0.309 e. The highest BCUT2D eigenvalue weighted by atomic mass is 15.0. The Balaban J connectivity index is 1.07. The van der Waals surface area contributed by atoms with E-state index in [1.165, 1.54) is 49.0 Å². The smallest absolute Gasteiger partial charge is 0.164 e. The zero-order chi connectivity index (χ0) is 42.1. The normalized spacial score (nSPS) is 11.8. The maximum Gasteiger partial charge on any atom is 0.164 e. The van der Waals surface area contributed by atoms with E-state index in [2.05, 4.69) is 197 Å². The molecule has 3 heterocycles. The van der Waals surface area contributed by atoms with Crippen LogP contribution in [-0.4, -0.2) is 24.1 Å². The van der Waals surface area contributed by atoms with Crippen molar-refractivity contribution in [2.75, 3.05) is 0 Å². The van der Waals surface area contributed by atoms with Crippen molar-refractivity contribution in [3.05, 3.63) is 224 Å². The molecule has 13 rings (SSSR count). The average molecular weight is 816 g/mol. The Morgan fingerprint density at radius 3 is 1.53 bits per heavy atom. The summed E-state index contributed by atoms with van der Waals surface area (Å²) in [5.41, 5.74) is 12.1. The van der Waals surface area contributed by atoms with Crippen molar-refractivity contribution < 1.29 is 0 Å². The van der Waals surface area contributed by atoms with E-state index < -0.39 is 0 Å². The van der Waals surface area contributed by atoms with Gasteiger partial charge in [-0.1, -0.05) is 176 Å². The zero-order valence-corrected chi connectivity index (χ0v) is 34.6. The molecule has 0 aliphatic heterocycles. The van der Waals surface area contributed by atoms with Crippen LogP contribution in [0.5, 0.6) is 0 Å². The van der Waals surface area contributed by atoms with Gasteiger partial charge in [0.05, 0.1) is 27.8 Å². The quantitative estimate of drug-likeness (QED) is 0.168. The van der Waals surface area contributed by atoms with Crippen LogP contribution in [0.4, 0.5) is 0 Å². The summed E-state index contributed by atoms with van der Waals surface area (Å²) in [6.07, 6.45) is 0. The molecule has 0 unspecified atom stereocenters. The van der Waals surface area contributed by atoms with Gasteiger partial charge in [-0.05, 0) is 75.8 Å². The first-order valence-electron chi connectivity index (χ1n) is 21.7. The van der Waals surface area contributed by atoms with Crippen LogP contribution in [0.1, 0.15) is 0 Å². The lowest BCUT2D eigenvalue weighted by Crippen LogP contribution is -2.01.